The van der Waals surface area contributed by atoms with Crippen LogP contribution in [0.3, 0.4) is 0 Å². The van der Waals surface area contributed by atoms with Crippen molar-refractivity contribution in [2.75, 3.05) is 6.54 Å². The lowest BCUT2D eigenvalue weighted by Crippen LogP contribution is -2.39. The highest BCUT2D eigenvalue weighted by atomic mass is 19.1. The van der Waals surface area contributed by atoms with Gasteiger partial charge in [0.05, 0.1) is 0 Å². The number of amides is 1. The average Bonchev–Trinajstić information content (AvgIpc) is 3.36. The van der Waals surface area contributed by atoms with Gasteiger partial charge < -0.3 is 14.9 Å². The summed E-state index contributed by atoms with van der Waals surface area (Å²) in [6, 6.07) is 13.3. The van der Waals surface area contributed by atoms with E-state index in [1.165, 1.54) is 18.2 Å². The number of benzene rings is 2. The summed E-state index contributed by atoms with van der Waals surface area (Å²) in [6.07, 6.45) is 5.37. The molecule has 1 amide bonds. The lowest BCUT2D eigenvalue weighted by atomic mass is 9.70. The number of rotatable bonds is 6. The van der Waals surface area contributed by atoms with Gasteiger partial charge in [-0.1, -0.05) is 0 Å². The molecule has 0 radical (unpaired) electrons. The SMILES string of the molecule is Cc1cc(F)cc2c(C3CC(C(=O)NCCn4cccc4)C3)c(-c3ccc(F)cc3)[nH]c12. The Labute approximate surface area is 185 Å². The third kappa shape index (κ3) is 3.81. The van der Waals surface area contributed by atoms with Crippen molar-refractivity contribution in [1.29, 1.82) is 0 Å². The Morgan fingerprint density at radius 1 is 1.09 bits per heavy atom. The molecule has 1 aliphatic carbocycles. The molecule has 0 unspecified atom stereocenters. The number of aryl methyl sites for hydroxylation is 1. The largest absolute Gasteiger partial charge is 0.354 e. The topological polar surface area (TPSA) is 49.8 Å². The summed E-state index contributed by atoms with van der Waals surface area (Å²) >= 11 is 0. The molecule has 32 heavy (non-hydrogen) atoms. The maximum Gasteiger partial charge on any atom is 0.223 e. The van der Waals surface area contributed by atoms with Gasteiger partial charge in [0.15, 0.2) is 0 Å². The van der Waals surface area contributed by atoms with Gasteiger partial charge in [-0.3, -0.25) is 4.79 Å². The van der Waals surface area contributed by atoms with Crippen molar-refractivity contribution >= 4 is 16.8 Å². The molecule has 1 aliphatic rings. The molecule has 4 aromatic rings. The zero-order valence-electron chi connectivity index (χ0n) is 17.9. The zero-order valence-corrected chi connectivity index (χ0v) is 17.9. The number of hydrogen-bond donors (Lipinski definition) is 2. The quantitative estimate of drug-likeness (QED) is 0.413. The third-order valence-electron chi connectivity index (χ3n) is 6.50. The van der Waals surface area contributed by atoms with Crippen LogP contribution >= 0.6 is 0 Å². The normalized spacial score (nSPS) is 18.0. The van der Waals surface area contributed by atoms with Crippen LogP contribution in [-0.2, 0) is 11.3 Å². The molecule has 164 valence electrons. The number of carbonyl (C=O) groups excluding carboxylic acids is 1. The summed E-state index contributed by atoms with van der Waals surface area (Å²) in [5.41, 5.74) is 4.47. The van der Waals surface area contributed by atoms with E-state index in [9.17, 15) is 13.6 Å². The molecule has 2 heterocycles. The summed E-state index contributed by atoms with van der Waals surface area (Å²) in [6.45, 7) is 3.21. The Morgan fingerprint density at radius 2 is 1.81 bits per heavy atom. The molecule has 6 heteroatoms. The van der Waals surface area contributed by atoms with E-state index in [0.29, 0.717) is 19.4 Å². The van der Waals surface area contributed by atoms with Crippen molar-refractivity contribution in [2.24, 2.45) is 5.92 Å². The number of H-pyrrole nitrogens is 1. The number of fused-ring (bicyclic) bond motifs is 1. The predicted molar refractivity (Wildman–Crippen MR) is 121 cm³/mol. The highest BCUT2D eigenvalue weighted by Gasteiger charge is 2.38. The lowest BCUT2D eigenvalue weighted by Gasteiger charge is -2.35. The molecule has 0 atom stereocenters. The molecule has 4 nitrogen and oxygen atoms in total. The van der Waals surface area contributed by atoms with E-state index in [4.69, 9.17) is 0 Å². The zero-order chi connectivity index (χ0) is 22.2. The molecule has 5 rings (SSSR count). The van der Waals surface area contributed by atoms with Crippen LogP contribution in [0.5, 0.6) is 0 Å². The first-order chi connectivity index (χ1) is 15.5. The van der Waals surface area contributed by atoms with Crippen molar-refractivity contribution in [1.82, 2.24) is 14.9 Å². The van der Waals surface area contributed by atoms with Crippen LogP contribution in [0.4, 0.5) is 8.78 Å². The van der Waals surface area contributed by atoms with Crippen LogP contribution in [-0.4, -0.2) is 22.0 Å². The van der Waals surface area contributed by atoms with Crippen LogP contribution in [0.15, 0.2) is 60.9 Å². The molecule has 2 aromatic heterocycles. The molecule has 1 fully saturated rings. The van der Waals surface area contributed by atoms with Gasteiger partial charge in [0.25, 0.3) is 0 Å². The van der Waals surface area contributed by atoms with Crippen LogP contribution in [0.1, 0.15) is 29.9 Å². The van der Waals surface area contributed by atoms with Crippen LogP contribution in [0, 0.1) is 24.5 Å². The van der Waals surface area contributed by atoms with Crippen LogP contribution in [0.2, 0.25) is 0 Å². The Kier molecular flexibility index (Phi) is 5.29. The molecule has 0 bridgehead atoms. The predicted octanol–water partition coefficient (Wildman–Crippen LogP) is 5.53. The van der Waals surface area contributed by atoms with Gasteiger partial charge in [-0.15, -0.1) is 0 Å². The smallest absolute Gasteiger partial charge is 0.223 e. The first kappa shape index (κ1) is 20.5. The average molecular weight is 434 g/mol. The van der Waals surface area contributed by atoms with Crippen molar-refractivity contribution in [3.63, 3.8) is 0 Å². The van der Waals surface area contributed by atoms with Gasteiger partial charge in [-0.05, 0) is 90.9 Å². The maximum absolute atomic E-state index is 14.3. The summed E-state index contributed by atoms with van der Waals surface area (Å²) in [5, 5.41) is 3.87. The van der Waals surface area contributed by atoms with E-state index in [2.05, 4.69) is 10.3 Å². The minimum atomic E-state index is -0.297. The highest BCUT2D eigenvalue weighted by molar-refractivity contribution is 5.94. The number of halogens is 2. The van der Waals surface area contributed by atoms with Gasteiger partial charge in [0.2, 0.25) is 5.91 Å². The van der Waals surface area contributed by atoms with Gasteiger partial charge in [-0.25, -0.2) is 8.78 Å². The Morgan fingerprint density at radius 3 is 2.53 bits per heavy atom. The molecule has 0 aliphatic heterocycles. The molecular weight excluding hydrogens is 408 g/mol. The molecular formula is C26H25F2N3O. The second kappa shape index (κ2) is 8.26. The van der Waals surface area contributed by atoms with Gasteiger partial charge in [0.1, 0.15) is 11.6 Å². The minimum Gasteiger partial charge on any atom is -0.354 e. The highest BCUT2D eigenvalue weighted by Crippen LogP contribution is 2.48. The second-order valence-electron chi connectivity index (χ2n) is 8.64. The van der Waals surface area contributed by atoms with E-state index in [1.807, 2.05) is 36.0 Å². The van der Waals surface area contributed by atoms with E-state index < -0.39 is 0 Å². The van der Waals surface area contributed by atoms with Crippen LogP contribution < -0.4 is 5.32 Å². The maximum atomic E-state index is 14.3. The van der Waals surface area contributed by atoms with Crippen LogP contribution in [0.25, 0.3) is 22.2 Å². The summed E-state index contributed by atoms with van der Waals surface area (Å²) in [5.74, 6) is -0.414. The Hall–Kier alpha value is -3.41. The fourth-order valence-electron chi connectivity index (χ4n) is 4.76. The fourth-order valence-corrected chi connectivity index (χ4v) is 4.76. The molecule has 2 N–H and O–H groups in total. The first-order valence-corrected chi connectivity index (χ1v) is 11.0. The molecule has 1 saturated carbocycles. The van der Waals surface area contributed by atoms with E-state index in [-0.39, 0.29) is 29.4 Å². The monoisotopic (exact) mass is 433 g/mol. The summed E-state index contributed by atoms with van der Waals surface area (Å²) in [4.78, 5) is 16.0. The van der Waals surface area contributed by atoms with E-state index in [1.54, 1.807) is 18.2 Å². The number of aromatic nitrogens is 2. The summed E-state index contributed by atoms with van der Waals surface area (Å²) in [7, 11) is 0. The Bertz CT molecular complexity index is 1250. The third-order valence-corrected chi connectivity index (χ3v) is 6.50. The standard InChI is InChI=1S/C26H25F2N3O/c1-16-12-21(28)15-22-23(25(30-24(16)22)17-4-6-20(27)7-5-17)18-13-19(14-18)26(32)29-8-11-31-9-2-3-10-31/h2-7,9-10,12,15,18-19,30H,8,11,13-14H2,1H3,(H,29,32). The number of carbonyl (C=O) groups is 1. The van der Waals surface area contributed by atoms with Gasteiger partial charge in [0, 0.05) is 48.0 Å². The number of nitrogens with zero attached hydrogens (tertiary/aromatic N) is 1. The van der Waals surface area contributed by atoms with E-state index in [0.717, 1.165) is 39.8 Å². The van der Waals surface area contributed by atoms with E-state index >= 15 is 0 Å². The molecule has 2 aromatic carbocycles. The van der Waals surface area contributed by atoms with Crippen molar-refractivity contribution in [3.05, 3.63) is 83.7 Å². The minimum absolute atomic E-state index is 0.0506. The summed E-state index contributed by atoms with van der Waals surface area (Å²) < 4.78 is 29.8. The fraction of sp³-hybridized carbons (Fsp3) is 0.269. The second-order valence-corrected chi connectivity index (χ2v) is 8.64. The van der Waals surface area contributed by atoms with Crippen molar-refractivity contribution in [2.45, 2.75) is 32.2 Å². The van der Waals surface area contributed by atoms with Crippen molar-refractivity contribution < 1.29 is 13.6 Å². The van der Waals surface area contributed by atoms with Gasteiger partial charge in [-0.2, -0.15) is 0 Å². The van der Waals surface area contributed by atoms with Crippen molar-refractivity contribution in [3.8, 4) is 11.3 Å². The number of nitrogens with one attached hydrogen (secondary N) is 2. The molecule has 0 spiro atoms. The number of aromatic amines is 1. The first-order valence-electron chi connectivity index (χ1n) is 11.0. The Balaban J connectivity index is 1.37. The lowest BCUT2D eigenvalue weighted by molar-refractivity contribution is -0.127. The molecule has 0 saturated heterocycles. The van der Waals surface area contributed by atoms with Gasteiger partial charge >= 0.3 is 0 Å². The number of hydrogen-bond acceptors (Lipinski definition) is 1.